The number of piperidine rings is 1. The molecule has 3 aliphatic rings. The molecular weight excluding hydrogens is 356 g/mol. The van der Waals surface area contributed by atoms with Crippen molar-refractivity contribution in [1.29, 1.82) is 0 Å². The summed E-state index contributed by atoms with van der Waals surface area (Å²) >= 11 is 0. The number of rotatable bonds is 3. The van der Waals surface area contributed by atoms with Gasteiger partial charge in [-0.3, -0.25) is 24.6 Å². The maximum atomic E-state index is 12.9. The van der Waals surface area contributed by atoms with Crippen LogP contribution in [0.3, 0.4) is 0 Å². The fourth-order valence-corrected chi connectivity index (χ4v) is 4.49. The Morgan fingerprint density at radius 3 is 2.79 bits per heavy atom. The first kappa shape index (κ1) is 17.2. The summed E-state index contributed by atoms with van der Waals surface area (Å²) in [6.45, 7) is 3.10. The molecule has 4 heterocycles. The van der Waals surface area contributed by atoms with Crippen LogP contribution in [0.5, 0.6) is 0 Å². The molecule has 3 aliphatic heterocycles. The predicted octanol–water partition coefficient (Wildman–Crippen LogP) is 1.33. The molecule has 1 unspecified atom stereocenters. The molecule has 2 N–H and O–H groups in total. The lowest BCUT2D eigenvalue weighted by Gasteiger charge is -2.29. The number of aromatic amines is 1. The van der Waals surface area contributed by atoms with E-state index in [-0.39, 0.29) is 24.1 Å². The van der Waals surface area contributed by atoms with Crippen LogP contribution in [0.15, 0.2) is 30.5 Å². The van der Waals surface area contributed by atoms with Gasteiger partial charge in [0.1, 0.15) is 6.04 Å². The number of benzene rings is 1. The molecule has 144 valence electrons. The van der Waals surface area contributed by atoms with Crippen molar-refractivity contribution in [3.8, 4) is 0 Å². The topological polar surface area (TPSA) is 85.5 Å². The van der Waals surface area contributed by atoms with E-state index in [9.17, 15) is 14.4 Å². The third kappa shape index (κ3) is 2.92. The van der Waals surface area contributed by atoms with Crippen molar-refractivity contribution in [2.45, 2.75) is 44.9 Å². The van der Waals surface area contributed by atoms with Crippen LogP contribution in [-0.4, -0.2) is 45.1 Å². The first-order valence-corrected chi connectivity index (χ1v) is 9.72. The lowest BCUT2D eigenvalue weighted by molar-refractivity contribution is -0.136. The Labute approximate surface area is 162 Å². The molecule has 0 radical (unpaired) electrons. The Hall–Kier alpha value is -2.93. The first-order chi connectivity index (χ1) is 13.6. The number of hydrogen-bond acceptors (Lipinski definition) is 4. The van der Waals surface area contributed by atoms with Gasteiger partial charge in [-0.15, -0.1) is 0 Å². The van der Waals surface area contributed by atoms with Crippen molar-refractivity contribution in [2.24, 2.45) is 0 Å². The molecule has 5 rings (SSSR count). The normalized spacial score (nSPS) is 22.2. The lowest BCUT2D eigenvalue weighted by Crippen LogP contribution is -2.52. The maximum absolute atomic E-state index is 12.9. The second-order valence-electron chi connectivity index (χ2n) is 7.83. The maximum Gasteiger partial charge on any atom is 0.255 e. The molecule has 7 nitrogen and oxygen atoms in total. The quantitative estimate of drug-likeness (QED) is 0.789. The van der Waals surface area contributed by atoms with Crippen molar-refractivity contribution in [3.63, 3.8) is 0 Å². The van der Waals surface area contributed by atoms with Crippen LogP contribution >= 0.6 is 0 Å². The summed E-state index contributed by atoms with van der Waals surface area (Å²) < 4.78 is 0. The van der Waals surface area contributed by atoms with Crippen molar-refractivity contribution in [2.75, 3.05) is 6.54 Å². The Morgan fingerprint density at radius 2 is 1.93 bits per heavy atom. The minimum absolute atomic E-state index is 0.114. The molecule has 1 saturated heterocycles. The summed E-state index contributed by atoms with van der Waals surface area (Å²) in [4.78, 5) is 43.8. The van der Waals surface area contributed by atoms with Crippen molar-refractivity contribution < 1.29 is 14.4 Å². The van der Waals surface area contributed by atoms with E-state index >= 15 is 0 Å². The van der Waals surface area contributed by atoms with E-state index in [1.807, 2.05) is 18.3 Å². The van der Waals surface area contributed by atoms with Crippen LogP contribution < -0.4 is 5.32 Å². The summed E-state index contributed by atoms with van der Waals surface area (Å²) in [7, 11) is 0. The van der Waals surface area contributed by atoms with Gasteiger partial charge >= 0.3 is 0 Å². The lowest BCUT2D eigenvalue weighted by atomic mass is 10.0. The average molecular weight is 378 g/mol. The molecular formula is C21H22N4O3. The fraction of sp³-hybridized carbons (Fsp3) is 0.381. The highest BCUT2D eigenvalue weighted by Crippen LogP contribution is 2.29. The van der Waals surface area contributed by atoms with Gasteiger partial charge in [0.25, 0.3) is 5.91 Å². The van der Waals surface area contributed by atoms with Crippen LogP contribution in [0.4, 0.5) is 0 Å². The van der Waals surface area contributed by atoms with Crippen molar-refractivity contribution in [3.05, 3.63) is 58.4 Å². The van der Waals surface area contributed by atoms with Gasteiger partial charge in [-0.1, -0.05) is 12.1 Å². The number of nitrogens with zero attached hydrogens (tertiary/aromatic N) is 2. The van der Waals surface area contributed by atoms with E-state index in [1.165, 1.54) is 11.3 Å². The largest absolute Gasteiger partial charge is 0.364 e. The van der Waals surface area contributed by atoms with Gasteiger partial charge in [0, 0.05) is 50.1 Å². The predicted molar refractivity (Wildman–Crippen MR) is 101 cm³/mol. The van der Waals surface area contributed by atoms with Crippen molar-refractivity contribution >= 4 is 17.7 Å². The first-order valence-electron chi connectivity index (χ1n) is 9.72. The number of H-pyrrole nitrogens is 1. The zero-order valence-corrected chi connectivity index (χ0v) is 15.5. The summed E-state index contributed by atoms with van der Waals surface area (Å²) in [6, 6.07) is 7.62. The van der Waals surface area contributed by atoms with E-state index < -0.39 is 6.04 Å². The van der Waals surface area contributed by atoms with Gasteiger partial charge in [-0.2, -0.15) is 0 Å². The van der Waals surface area contributed by atoms with E-state index in [2.05, 4.69) is 27.3 Å². The van der Waals surface area contributed by atoms with E-state index in [4.69, 9.17) is 0 Å². The van der Waals surface area contributed by atoms with E-state index in [1.54, 1.807) is 4.90 Å². The molecule has 28 heavy (non-hydrogen) atoms. The van der Waals surface area contributed by atoms with Crippen LogP contribution in [0.2, 0.25) is 0 Å². The van der Waals surface area contributed by atoms with Crippen LogP contribution in [0, 0.1) is 0 Å². The highest BCUT2D eigenvalue weighted by Gasteiger charge is 2.39. The number of fused-ring (bicyclic) bond motifs is 2. The Bertz CT molecular complexity index is 980. The van der Waals surface area contributed by atoms with Gasteiger partial charge in [0.15, 0.2) is 0 Å². The van der Waals surface area contributed by atoms with Crippen LogP contribution in [0.25, 0.3) is 0 Å². The Morgan fingerprint density at radius 1 is 1.04 bits per heavy atom. The molecule has 1 aromatic carbocycles. The molecule has 1 aromatic heterocycles. The highest BCUT2D eigenvalue weighted by molar-refractivity contribution is 6.05. The molecule has 2 aromatic rings. The molecule has 0 bridgehead atoms. The summed E-state index contributed by atoms with van der Waals surface area (Å²) in [5, 5.41) is 2.34. The number of hydrogen-bond donors (Lipinski definition) is 2. The SMILES string of the molecule is O=C1CCC(N2Cc3ccc(CN4CCc5cc[nH]c5C4)cc3C2=O)C(=O)N1. The average Bonchev–Trinajstić information content (AvgIpc) is 3.26. The van der Waals surface area contributed by atoms with Gasteiger partial charge in [-0.25, -0.2) is 0 Å². The number of nitrogens with one attached hydrogen (secondary N) is 2. The van der Waals surface area contributed by atoms with Gasteiger partial charge in [0.05, 0.1) is 0 Å². The standard InChI is InChI=1S/C21H22N4O3/c26-19-4-3-18(20(27)23-19)25-11-15-2-1-13(9-16(15)21(25)28)10-24-8-6-14-5-7-22-17(14)12-24/h1-2,5,7,9,18,22H,3-4,6,8,10-12H2,(H,23,26,27). The highest BCUT2D eigenvalue weighted by atomic mass is 16.2. The molecule has 1 fully saturated rings. The Balaban J connectivity index is 1.31. The number of aromatic nitrogens is 1. The summed E-state index contributed by atoms with van der Waals surface area (Å²) in [5.41, 5.74) is 5.39. The third-order valence-electron chi connectivity index (χ3n) is 6.01. The third-order valence-corrected chi connectivity index (χ3v) is 6.01. The fourth-order valence-electron chi connectivity index (χ4n) is 4.49. The zero-order chi connectivity index (χ0) is 19.3. The Kier molecular flexibility index (Phi) is 4.05. The number of amides is 3. The summed E-state index contributed by atoms with van der Waals surface area (Å²) in [5.74, 6) is -0.746. The molecule has 1 atom stereocenters. The van der Waals surface area contributed by atoms with Crippen LogP contribution in [0.1, 0.15) is 45.6 Å². The van der Waals surface area contributed by atoms with Gasteiger partial charge in [0.2, 0.25) is 11.8 Å². The minimum atomic E-state index is -0.561. The van der Waals surface area contributed by atoms with E-state index in [0.29, 0.717) is 18.5 Å². The smallest absolute Gasteiger partial charge is 0.255 e. The monoisotopic (exact) mass is 378 g/mol. The number of carbonyl (C=O) groups is 3. The van der Waals surface area contributed by atoms with Crippen LogP contribution in [-0.2, 0) is 35.6 Å². The zero-order valence-electron chi connectivity index (χ0n) is 15.5. The molecule has 7 heteroatoms. The number of imide groups is 1. The second kappa shape index (κ2) is 6.60. The molecule has 3 amide bonds. The summed E-state index contributed by atoms with van der Waals surface area (Å²) in [6.07, 6.45) is 3.69. The second-order valence-corrected chi connectivity index (χ2v) is 7.83. The molecule has 0 spiro atoms. The minimum Gasteiger partial charge on any atom is -0.364 e. The van der Waals surface area contributed by atoms with Crippen molar-refractivity contribution in [1.82, 2.24) is 20.1 Å². The number of carbonyl (C=O) groups excluding carboxylic acids is 3. The van der Waals surface area contributed by atoms with E-state index in [0.717, 1.165) is 37.2 Å². The molecule has 0 aliphatic carbocycles. The molecule has 0 saturated carbocycles. The van der Waals surface area contributed by atoms with Gasteiger partial charge < -0.3 is 9.88 Å². The van der Waals surface area contributed by atoms with Gasteiger partial charge in [-0.05, 0) is 41.7 Å².